The Morgan fingerprint density at radius 3 is 2.36 bits per heavy atom. The number of likely N-dealkylation sites (tertiary alicyclic amines) is 1. The van der Waals surface area contributed by atoms with Crippen molar-refractivity contribution in [1.29, 1.82) is 0 Å². The molecule has 2 aliphatic heterocycles. The molecular weight excluding hydrogens is 356 g/mol. The van der Waals surface area contributed by atoms with Crippen molar-refractivity contribution in [2.24, 2.45) is 52.8 Å². The van der Waals surface area contributed by atoms with E-state index < -0.39 is 0 Å². The average Bonchev–Trinajstić information content (AvgIpc) is 3.21. The fourth-order valence-electron chi connectivity index (χ4n) is 8.70. The molecule has 0 spiro atoms. The lowest BCUT2D eigenvalue weighted by atomic mass is 8.96. The molecular formula is C22H22N2O4. The largest absolute Gasteiger partial charge is 0.454 e. The summed E-state index contributed by atoms with van der Waals surface area (Å²) in [6.07, 6.45) is 1.52. The van der Waals surface area contributed by atoms with Gasteiger partial charge in [-0.05, 0) is 66.4 Å². The molecule has 1 aromatic carbocycles. The number of rotatable bonds is 3. The Hall–Kier alpha value is -2.24. The quantitative estimate of drug-likeness (QED) is 0.873. The highest BCUT2D eigenvalue weighted by molar-refractivity contribution is 5.94. The standard InChI is InChI=1S/C22H22N2O4/c25-20(23-10-1-2-11-12(7-10)28-8-27-11)9-3-5-24(6-4-9)21(26)22-17-14-13-15(17)19(22)16(13)18(14)22/h1-2,7,9,13-19H,3-6,8H2,(H,23,25). The van der Waals surface area contributed by atoms with Crippen LogP contribution < -0.4 is 14.8 Å². The molecule has 6 saturated carbocycles. The molecule has 0 radical (unpaired) electrons. The Morgan fingerprint density at radius 2 is 1.64 bits per heavy atom. The maximum Gasteiger partial charge on any atom is 0.231 e. The Bertz CT molecular complexity index is 914. The molecule has 6 heteroatoms. The number of anilines is 1. The number of hydrogen-bond acceptors (Lipinski definition) is 4. The molecule has 0 unspecified atom stereocenters. The van der Waals surface area contributed by atoms with E-state index >= 15 is 0 Å². The molecule has 0 bridgehead atoms. The third-order valence-electron chi connectivity index (χ3n) is 9.64. The SMILES string of the molecule is O=C(Nc1ccc2c(c1)OCO2)C1CCN(C(=O)C23C4C5C6C4C2C6C53)CC1. The maximum absolute atomic E-state index is 13.3. The first kappa shape index (κ1) is 14.7. The van der Waals surface area contributed by atoms with E-state index in [4.69, 9.17) is 9.47 Å². The summed E-state index contributed by atoms with van der Waals surface area (Å²) in [4.78, 5) is 28.0. The smallest absolute Gasteiger partial charge is 0.231 e. The minimum atomic E-state index is -0.0291. The van der Waals surface area contributed by atoms with E-state index in [9.17, 15) is 9.59 Å². The molecule has 8 aliphatic rings. The molecule has 1 saturated heterocycles. The zero-order valence-corrected chi connectivity index (χ0v) is 15.5. The van der Waals surface area contributed by atoms with E-state index in [-0.39, 0.29) is 24.0 Å². The molecule has 2 amide bonds. The van der Waals surface area contributed by atoms with Gasteiger partial charge in [-0.25, -0.2) is 0 Å². The van der Waals surface area contributed by atoms with Gasteiger partial charge in [-0.15, -0.1) is 0 Å². The highest BCUT2D eigenvalue weighted by Crippen LogP contribution is 3.06. The van der Waals surface area contributed by atoms with Gasteiger partial charge in [-0.3, -0.25) is 9.59 Å². The van der Waals surface area contributed by atoms with Crippen LogP contribution in [0.4, 0.5) is 5.69 Å². The van der Waals surface area contributed by atoms with Crippen molar-refractivity contribution in [2.75, 3.05) is 25.2 Å². The second-order valence-corrected chi connectivity index (χ2v) is 9.94. The number of carbonyl (C=O) groups excluding carboxylic acids is 2. The molecule has 0 atom stereocenters. The number of hydrogen-bond donors (Lipinski definition) is 1. The number of nitrogens with zero attached hydrogens (tertiary/aromatic N) is 1. The summed E-state index contributed by atoms with van der Waals surface area (Å²) >= 11 is 0. The van der Waals surface area contributed by atoms with Crippen LogP contribution in [-0.4, -0.2) is 36.6 Å². The molecule has 9 rings (SSSR count). The minimum absolute atomic E-state index is 0.0291. The van der Waals surface area contributed by atoms with Gasteiger partial charge in [0.2, 0.25) is 18.6 Å². The highest BCUT2D eigenvalue weighted by atomic mass is 16.7. The molecule has 7 fully saturated rings. The predicted octanol–water partition coefficient (Wildman–Crippen LogP) is 1.96. The van der Waals surface area contributed by atoms with Crippen molar-refractivity contribution < 1.29 is 19.1 Å². The summed E-state index contributed by atoms with van der Waals surface area (Å²) < 4.78 is 10.7. The van der Waals surface area contributed by atoms with E-state index in [1.54, 1.807) is 0 Å². The number of nitrogens with one attached hydrogen (secondary N) is 1. The second kappa shape index (κ2) is 4.34. The summed E-state index contributed by atoms with van der Waals surface area (Å²) in [5.41, 5.74) is 0.830. The van der Waals surface area contributed by atoms with Gasteiger partial charge < -0.3 is 19.7 Å². The predicted molar refractivity (Wildman–Crippen MR) is 97.4 cm³/mol. The van der Waals surface area contributed by atoms with Crippen molar-refractivity contribution in [3.8, 4) is 11.5 Å². The molecule has 0 aromatic heterocycles. The van der Waals surface area contributed by atoms with Crippen LogP contribution in [0.2, 0.25) is 0 Å². The lowest BCUT2D eigenvalue weighted by Gasteiger charge is -3.06. The number of fused-ring (bicyclic) bond motifs is 1. The molecule has 1 N–H and O–H groups in total. The van der Waals surface area contributed by atoms with Gasteiger partial charge >= 0.3 is 0 Å². The number of benzene rings is 1. The first-order valence-electron chi connectivity index (χ1n) is 10.7. The second-order valence-electron chi connectivity index (χ2n) is 9.94. The van der Waals surface area contributed by atoms with Gasteiger partial charge in [0.15, 0.2) is 11.5 Å². The first-order valence-corrected chi connectivity index (χ1v) is 10.7. The lowest BCUT2D eigenvalue weighted by Crippen LogP contribution is -3.07. The average molecular weight is 378 g/mol. The lowest BCUT2D eigenvalue weighted by molar-refractivity contribution is -0.597. The van der Waals surface area contributed by atoms with Crippen molar-refractivity contribution in [3.63, 3.8) is 0 Å². The summed E-state index contributed by atoms with van der Waals surface area (Å²) in [5.74, 6) is 7.99. The monoisotopic (exact) mass is 378 g/mol. The van der Waals surface area contributed by atoms with Crippen LogP contribution in [0.1, 0.15) is 12.8 Å². The Balaban J connectivity index is 0.919. The number of carbonyl (C=O) groups is 2. The van der Waals surface area contributed by atoms with Crippen molar-refractivity contribution in [2.45, 2.75) is 12.8 Å². The Labute approximate surface area is 162 Å². The summed E-state index contributed by atoms with van der Waals surface area (Å²) in [5, 5.41) is 3.01. The van der Waals surface area contributed by atoms with Gasteiger partial charge in [0.05, 0.1) is 5.41 Å². The Morgan fingerprint density at radius 1 is 0.964 bits per heavy atom. The number of piperidine rings is 1. The third-order valence-corrected chi connectivity index (χ3v) is 9.64. The van der Waals surface area contributed by atoms with Crippen molar-refractivity contribution in [3.05, 3.63) is 18.2 Å². The van der Waals surface area contributed by atoms with Gasteiger partial charge in [-0.1, -0.05) is 0 Å². The molecule has 6 aliphatic carbocycles. The first-order chi connectivity index (χ1) is 13.7. The van der Waals surface area contributed by atoms with E-state index in [0.29, 0.717) is 17.4 Å². The third kappa shape index (κ3) is 1.26. The number of amides is 2. The van der Waals surface area contributed by atoms with Crippen LogP contribution in [0.25, 0.3) is 0 Å². The van der Waals surface area contributed by atoms with Crippen LogP contribution >= 0.6 is 0 Å². The fraction of sp³-hybridized carbons (Fsp3) is 0.636. The summed E-state index contributed by atoms with van der Waals surface area (Å²) in [6, 6.07) is 5.48. The van der Waals surface area contributed by atoms with Crippen molar-refractivity contribution >= 4 is 17.5 Å². The maximum atomic E-state index is 13.3. The van der Waals surface area contributed by atoms with Gasteiger partial charge in [0, 0.05) is 30.8 Å². The van der Waals surface area contributed by atoms with Crippen LogP contribution in [0.15, 0.2) is 18.2 Å². The van der Waals surface area contributed by atoms with Crippen LogP contribution in [0, 0.1) is 52.8 Å². The van der Waals surface area contributed by atoms with Gasteiger partial charge in [0.25, 0.3) is 0 Å². The minimum Gasteiger partial charge on any atom is -0.454 e. The molecule has 1 aromatic rings. The topological polar surface area (TPSA) is 67.9 Å². The van der Waals surface area contributed by atoms with E-state index in [2.05, 4.69) is 10.2 Å². The van der Waals surface area contributed by atoms with Gasteiger partial charge in [-0.2, -0.15) is 0 Å². The zero-order chi connectivity index (χ0) is 18.4. The summed E-state index contributed by atoms with van der Waals surface area (Å²) in [7, 11) is 0. The number of ether oxygens (including phenoxy) is 2. The molecule has 144 valence electrons. The molecule has 6 nitrogen and oxygen atoms in total. The van der Waals surface area contributed by atoms with Crippen molar-refractivity contribution in [1.82, 2.24) is 4.90 Å². The summed E-state index contributed by atoms with van der Waals surface area (Å²) in [6.45, 7) is 1.69. The van der Waals surface area contributed by atoms with Crippen LogP contribution in [0.3, 0.4) is 0 Å². The van der Waals surface area contributed by atoms with Gasteiger partial charge in [0.1, 0.15) is 0 Å². The van der Waals surface area contributed by atoms with E-state index in [1.807, 2.05) is 18.2 Å². The van der Waals surface area contributed by atoms with Crippen LogP contribution in [-0.2, 0) is 9.59 Å². The normalized spacial score (nSPS) is 47.0. The molecule has 28 heavy (non-hydrogen) atoms. The highest BCUT2D eigenvalue weighted by Gasteiger charge is 3.06. The Kier molecular flexibility index (Phi) is 2.28. The van der Waals surface area contributed by atoms with E-state index in [1.165, 1.54) is 0 Å². The zero-order valence-electron chi connectivity index (χ0n) is 15.5. The fourth-order valence-corrected chi connectivity index (χ4v) is 8.70. The van der Waals surface area contributed by atoms with E-state index in [0.717, 1.165) is 73.0 Å². The van der Waals surface area contributed by atoms with Crippen LogP contribution in [0.5, 0.6) is 11.5 Å². The molecule has 2 heterocycles.